The molecule has 0 aliphatic heterocycles. The van der Waals surface area contributed by atoms with Crippen molar-refractivity contribution in [1.82, 2.24) is 0 Å². The van der Waals surface area contributed by atoms with E-state index >= 15 is 0 Å². The van der Waals surface area contributed by atoms with Gasteiger partial charge in [-0.15, -0.1) is 0 Å². The van der Waals surface area contributed by atoms with Crippen LogP contribution in [0.15, 0.2) is 0 Å². The number of Topliss-reactive ketones (excluding diaryl/α,β-unsaturated/α-hetero) is 1. The molecule has 0 saturated heterocycles. The first kappa shape index (κ1) is 9.65. The molecule has 4 heteroatoms. The van der Waals surface area contributed by atoms with Crippen LogP contribution in [0.1, 0.15) is 25.7 Å². The van der Waals surface area contributed by atoms with Gasteiger partial charge in [0.15, 0.2) is 5.78 Å². The van der Waals surface area contributed by atoms with Crippen LogP contribution in [0.2, 0.25) is 0 Å². The van der Waals surface area contributed by atoms with Crippen molar-refractivity contribution < 1.29 is 19.4 Å². The lowest BCUT2D eigenvalue weighted by Gasteiger charge is -2.31. The van der Waals surface area contributed by atoms with Crippen LogP contribution in [0.4, 0.5) is 0 Å². The Bertz CT molecular complexity index is 286. The molecule has 0 radical (unpaired) electrons. The van der Waals surface area contributed by atoms with Crippen LogP contribution in [-0.4, -0.2) is 30.1 Å². The Morgan fingerprint density at radius 3 is 2.79 bits per heavy atom. The summed E-state index contributed by atoms with van der Waals surface area (Å²) in [4.78, 5) is 23.4. The van der Waals surface area contributed by atoms with Crippen LogP contribution in [0.25, 0.3) is 0 Å². The number of methoxy groups -OCH3 is 1. The van der Waals surface area contributed by atoms with E-state index in [4.69, 9.17) is 0 Å². The van der Waals surface area contributed by atoms with Gasteiger partial charge in [0.1, 0.15) is 5.41 Å². The zero-order valence-electron chi connectivity index (χ0n) is 8.16. The molecule has 0 amide bonds. The van der Waals surface area contributed by atoms with Gasteiger partial charge in [-0.2, -0.15) is 0 Å². The first-order valence-corrected chi connectivity index (χ1v) is 4.92. The van der Waals surface area contributed by atoms with Crippen molar-refractivity contribution in [3.05, 3.63) is 0 Å². The SMILES string of the molecule is COC(=O)[C@@]12CC[C@@H](O)[C@H](CC1)C2=O. The van der Waals surface area contributed by atoms with Gasteiger partial charge < -0.3 is 9.84 Å². The van der Waals surface area contributed by atoms with E-state index in [1.165, 1.54) is 7.11 Å². The highest BCUT2D eigenvalue weighted by Crippen LogP contribution is 2.49. The fourth-order valence-electron chi connectivity index (χ4n) is 2.72. The molecular formula is C10H14O4. The number of aliphatic hydroxyl groups excluding tert-OH is 1. The second kappa shape index (κ2) is 3.05. The summed E-state index contributed by atoms with van der Waals surface area (Å²) in [5, 5.41) is 9.56. The van der Waals surface area contributed by atoms with Crippen molar-refractivity contribution in [1.29, 1.82) is 0 Å². The molecule has 2 fully saturated rings. The molecule has 2 saturated carbocycles. The normalized spacial score (nSPS) is 41.1. The van der Waals surface area contributed by atoms with Gasteiger partial charge in [-0.3, -0.25) is 9.59 Å². The number of hydrogen-bond acceptors (Lipinski definition) is 4. The van der Waals surface area contributed by atoms with Gasteiger partial charge in [0.05, 0.1) is 13.2 Å². The number of carbonyl (C=O) groups excluding carboxylic acids is 2. The summed E-state index contributed by atoms with van der Waals surface area (Å²) in [5.41, 5.74) is -0.918. The number of esters is 1. The Morgan fingerprint density at radius 2 is 2.14 bits per heavy atom. The molecule has 4 nitrogen and oxygen atoms in total. The van der Waals surface area contributed by atoms with Crippen LogP contribution in [0.5, 0.6) is 0 Å². The van der Waals surface area contributed by atoms with Gasteiger partial charge >= 0.3 is 5.97 Å². The van der Waals surface area contributed by atoms with E-state index in [9.17, 15) is 14.7 Å². The molecule has 0 aromatic rings. The Balaban J connectivity index is 2.30. The van der Waals surface area contributed by atoms with Crippen molar-refractivity contribution in [2.24, 2.45) is 11.3 Å². The first-order valence-electron chi connectivity index (χ1n) is 4.92. The quantitative estimate of drug-likeness (QED) is 0.485. The molecule has 1 N–H and O–H groups in total. The largest absolute Gasteiger partial charge is 0.468 e. The number of aliphatic hydroxyl groups is 1. The molecule has 0 heterocycles. The maximum atomic E-state index is 11.9. The van der Waals surface area contributed by atoms with Crippen molar-refractivity contribution in [2.75, 3.05) is 7.11 Å². The molecule has 0 unspecified atom stereocenters. The van der Waals surface area contributed by atoms with Gasteiger partial charge in [0.25, 0.3) is 0 Å². The Hall–Kier alpha value is -0.900. The predicted molar refractivity (Wildman–Crippen MR) is 47.4 cm³/mol. The van der Waals surface area contributed by atoms with Gasteiger partial charge in [-0.25, -0.2) is 0 Å². The number of carbonyl (C=O) groups is 2. The summed E-state index contributed by atoms with van der Waals surface area (Å²) < 4.78 is 4.67. The summed E-state index contributed by atoms with van der Waals surface area (Å²) in [6, 6.07) is 0. The molecular weight excluding hydrogens is 184 g/mol. The summed E-state index contributed by atoms with van der Waals surface area (Å²) in [6.45, 7) is 0. The number of fused-ring (bicyclic) bond motifs is 2. The summed E-state index contributed by atoms with van der Waals surface area (Å²) in [5.74, 6) is -0.858. The molecule has 2 aliphatic rings. The topological polar surface area (TPSA) is 63.6 Å². The van der Waals surface area contributed by atoms with Gasteiger partial charge in [-0.1, -0.05) is 0 Å². The van der Waals surface area contributed by atoms with E-state index in [1.807, 2.05) is 0 Å². The van der Waals surface area contributed by atoms with Gasteiger partial charge in [0, 0.05) is 5.92 Å². The number of ether oxygens (including phenoxy) is 1. The lowest BCUT2D eigenvalue weighted by atomic mass is 9.73. The lowest BCUT2D eigenvalue weighted by molar-refractivity contribution is -0.160. The van der Waals surface area contributed by atoms with Gasteiger partial charge in [-0.05, 0) is 25.7 Å². The third-order valence-corrected chi connectivity index (χ3v) is 3.60. The number of hydrogen-bond donors (Lipinski definition) is 1. The molecule has 0 spiro atoms. The summed E-state index contributed by atoms with van der Waals surface area (Å²) in [7, 11) is 1.31. The van der Waals surface area contributed by atoms with E-state index in [0.29, 0.717) is 25.7 Å². The maximum absolute atomic E-state index is 11.9. The highest BCUT2D eigenvalue weighted by Gasteiger charge is 2.58. The Morgan fingerprint density at radius 1 is 1.50 bits per heavy atom. The average Bonchev–Trinajstić information content (AvgIpc) is 2.40. The highest BCUT2D eigenvalue weighted by molar-refractivity contribution is 6.07. The van der Waals surface area contributed by atoms with Crippen molar-refractivity contribution in [2.45, 2.75) is 31.8 Å². The molecule has 2 bridgehead atoms. The second-order valence-corrected chi connectivity index (χ2v) is 4.19. The third kappa shape index (κ3) is 1.03. The average molecular weight is 198 g/mol. The van der Waals surface area contributed by atoms with Crippen molar-refractivity contribution in [3.8, 4) is 0 Å². The standard InChI is InChI=1S/C10H14O4/c1-14-9(13)10-4-2-6(8(10)12)7(11)3-5-10/h6-7,11H,2-5H2,1H3/t6-,7+,10+/m0/s1. The fourth-order valence-corrected chi connectivity index (χ4v) is 2.72. The second-order valence-electron chi connectivity index (χ2n) is 4.19. The molecule has 2 rings (SSSR count). The van der Waals surface area contributed by atoms with Crippen LogP contribution < -0.4 is 0 Å². The zero-order valence-corrected chi connectivity index (χ0v) is 8.16. The van der Waals surface area contributed by atoms with E-state index in [1.54, 1.807) is 0 Å². The Kier molecular flexibility index (Phi) is 2.10. The lowest BCUT2D eigenvalue weighted by Crippen LogP contribution is -2.44. The van der Waals surface area contributed by atoms with Crippen LogP contribution >= 0.6 is 0 Å². The maximum Gasteiger partial charge on any atom is 0.319 e. The van der Waals surface area contributed by atoms with Crippen LogP contribution in [0.3, 0.4) is 0 Å². The van der Waals surface area contributed by atoms with E-state index in [-0.39, 0.29) is 11.7 Å². The minimum absolute atomic E-state index is 0.108. The van der Waals surface area contributed by atoms with Crippen LogP contribution in [-0.2, 0) is 14.3 Å². The molecule has 0 aromatic heterocycles. The summed E-state index contributed by atoms with van der Waals surface area (Å²) in [6.07, 6.45) is 1.58. The molecule has 3 atom stereocenters. The first-order chi connectivity index (χ1) is 6.62. The zero-order chi connectivity index (χ0) is 10.3. The molecule has 78 valence electrons. The molecule has 14 heavy (non-hydrogen) atoms. The smallest absolute Gasteiger partial charge is 0.319 e. The van der Waals surface area contributed by atoms with Crippen LogP contribution in [0, 0.1) is 11.3 Å². The van der Waals surface area contributed by atoms with E-state index in [0.717, 1.165) is 0 Å². The molecule has 0 aromatic carbocycles. The van der Waals surface area contributed by atoms with Crippen molar-refractivity contribution >= 4 is 11.8 Å². The van der Waals surface area contributed by atoms with Gasteiger partial charge in [0.2, 0.25) is 0 Å². The fraction of sp³-hybridized carbons (Fsp3) is 0.800. The number of ketones is 1. The Labute approximate surface area is 82.2 Å². The third-order valence-electron chi connectivity index (χ3n) is 3.60. The highest BCUT2D eigenvalue weighted by atomic mass is 16.5. The minimum Gasteiger partial charge on any atom is -0.468 e. The van der Waals surface area contributed by atoms with Crippen molar-refractivity contribution in [3.63, 3.8) is 0 Å². The summed E-state index contributed by atoms with van der Waals surface area (Å²) >= 11 is 0. The van der Waals surface area contributed by atoms with E-state index < -0.39 is 17.5 Å². The molecule has 2 aliphatic carbocycles. The number of rotatable bonds is 1. The van der Waals surface area contributed by atoms with E-state index in [2.05, 4.69) is 4.74 Å². The predicted octanol–water partition coefficient (Wildman–Crippen LogP) is 0.280. The minimum atomic E-state index is -0.918. The monoisotopic (exact) mass is 198 g/mol.